The number of benzene rings is 2. The highest BCUT2D eigenvalue weighted by atomic mass is 35.5. The topological polar surface area (TPSA) is 78.1 Å². The Bertz CT molecular complexity index is 1060. The van der Waals surface area contributed by atoms with Crippen LogP contribution in [0, 0.1) is 0 Å². The third-order valence-corrected chi connectivity index (χ3v) is 4.47. The molecule has 2 heterocycles. The summed E-state index contributed by atoms with van der Waals surface area (Å²) >= 11 is 7.41. The Morgan fingerprint density at radius 2 is 2.16 bits per heavy atom. The summed E-state index contributed by atoms with van der Waals surface area (Å²) in [7, 11) is 0. The highest BCUT2D eigenvalue weighted by Crippen LogP contribution is 2.21. The van der Waals surface area contributed by atoms with Crippen LogP contribution in [0.15, 0.2) is 52.5 Å². The van der Waals surface area contributed by atoms with E-state index < -0.39 is 5.97 Å². The van der Waals surface area contributed by atoms with Crippen LogP contribution in [0.25, 0.3) is 21.6 Å². The molecule has 0 unspecified atom stereocenters. The summed E-state index contributed by atoms with van der Waals surface area (Å²) in [6, 6.07) is 12.3. The molecule has 4 aromatic rings. The largest absolute Gasteiger partial charge is 0.452 e. The maximum Gasteiger partial charge on any atom is 0.338 e. The minimum atomic E-state index is -0.460. The fourth-order valence-electron chi connectivity index (χ4n) is 2.25. The van der Waals surface area contributed by atoms with E-state index >= 15 is 0 Å². The Morgan fingerprint density at radius 1 is 1.24 bits per heavy atom. The van der Waals surface area contributed by atoms with Crippen LogP contribution in [0.3, 0.4) is 0 Å². The van der Waals surface area contributed by atoms with Crippen LogP contribution in [-0.2, 0) is 11.3 Å². The lowest BCUT2D eigenvalue weighted by Gasteiger charge is -2.01. The molecule has 0 bridgehead atoms. The number of hydrogen-bond donors (Lipinski definition) is 0. The number of nitrogens with zero attached hydrogens (tertiary/aromatic N) is 3. The number of aromatic nitrogens is 3. The van der Waals surface area contributed by atoms with Gasteiger partial charge >= 0.3 is 5.97 Å². The number of carbonyl (C=O) groups excluding carboxylic acids is 1. The van der Waals surface area contributed by atoms with Crippen molar-refractivity contribution in [3.8, 4) is 11.4 Å². The molecular formula is C17H10ClN3O3S. The first-order chi connectivity index (χ1) is 12.2. The van der Waals surface area contributed by atoms with Crippen LogP contribution in [0.4, 0.5) is 0 Å². The smallest absolute Gasteiger partial charge is 0.338 e. The highest BCUT2D eigenvalue weighted by Gasteiger charge is 2.13. The van der Waals surface area contributed by atoms with Crippen LogP contribution < -0.4 is 0 Å². The molecule has 4 rings (SSSR count). The molecule has 0 aliphatic carbocycles. The van der Waals surface area contributed by atoms with E-state index in [0.29, 0.717) is 16.4 Å². The molecule has 2 aromatic heterocycles. The summed E-state index contributed by atoms with van der Waals surface area (Å²) in [5.41, 5.74) is 3.76. The van der Waals surface area contributed by atoms with Gasteiger partial charge < -0.3 is 9.26 Å². The van der Waals surface area contributed by atoms with Crippen molar-refractivity contribution in [3.63, 3.8) is 0 Å². The molecule has 0 amide bonds. The van der Waals surface area contributed by atoms with Crippen LogP contribution in [0.2, 0.25) is 5.02 Å². The lowest BCUT2D eigenvalue weighted by Crippen LogP contribution is -2.05. The van der Waals surface area contributed by atoms with Crippen molar-refractivity contribution in [2.45, 2.75) is 6.61 Å². The fourth-order valence-corrected chi connectivity index (χ4v) is 3.16. The maximum absolute atomic E-state index is 12.2. The summed E-state index contributed by atoms with van der Waals surface area (Å²) < 4.78 is 11.3. The quantitative estimate of drug-likeness (QED) is 0.496. The first-order valence-corrected chi connectivity index (χ1v) is 8.54. The van der Waals surface area contributed by atoms with Gasteiger partial charge in [-0.25, -0.2) is 9.78 Å². The second kappa shape index (κ2) is 6.62. The predicted molar refractivity (Wildman–Crippen MR) is 93.5 cm³/mol. The molecule has 0 fully saturated rings. The van der Waals surface area contributed by atoms with E-state index in [1.807, 2.05) is 6.07 Å². The maximum atomic E-state index is 12.2. The van der Waals surface area contributed by atoms with Gasteiger partial charge in [-0.05, 0) is 30.3 Å². The number of carbonyl (C=O) groups is 1. The average Bonchev–Trinajstić information content (AvgIpc) is 3.28. The van der Waals surface area contributed by atoms with Gasteiger partial charge in [-0.2, -0.15) is 4.98 Å². The van der Waals surface area contributed by atoms with Crippen molar-refractivity contribution in [1.29, 1.82) is 0 Å². The zero-order valence-electron chi connectivity index (χ0n) is 12.7. The Morgan fingerprint density at radius 3 is 3.04 bits per heavy atom. The standard InChI is InChI=1S/C17H10ClN3O3S/c18-12-3-1-2-10(6-12)16-20-15(24-21-16)8-23-17(22)11-4-5-13-14(7-11)25-9-19-13/h1-7,9H,8H2. The Balaban J connectivity index is 1.45. The van der Waals surface area contributed by atoms with Gasteiger partial charge in [0, 0.05) is 10.6 Å². The minimum absolute atomic E-state index is 0.104. The number of rotatable bonds is 4. The summed E-state index contributed by atoms with van der Waals surface area (Å²) in [6.07, 6.45) is 0. The van der Waals surface area contributed by atoms with E-state index in [2.05, 4.69) is 15.1 Å². The zero-order chi connectivity index (χ0) is 17.2. The van der Waals surface area contributed by atoms with Gasteiger partial charge in [0.2, 0.25) is 5.82 Å². The molecule has 0 aliphatic rings. The number of thiazole rings is 1. The summed E-state index contributed by atoms with van der Waals surface area (Å²) in [5.74, 6) is 0.139. The summed E-state index contributed by atoms with van der Waals surface area (Å²) in [4.78, 5) is 20.5. The van der Waals surface area contributed by atoms with Gasteiger partial charge in [-0.1, -0.05) is 28.9 Å². The first-order valence-electron chi connectivity index (χ1n) is 7.28. The van der Waals surface area contributed by atoms with Crippen molar-refractivity contribution in [1.82, 2.24) is 15.1 Å². The van der Waals surface area contributed by atoms with Crippen LogP contribution >= 0.6 is 22.9 Å². The number of ether oxygens (including phenoxy) is 1. The molecule has 0 aliphatic heterocycles. The predicted octanol–water partition coefficient (Wildman–Crippen LogP) is 4.36. The number of halogens is 1. The molecule has 0 saturated heterocycles. The number of fused-ring (bicyclic) bond motifs is 1. The molecule has 6 nitrogen and oxygen atoms in total. The highest BCUT2D eigenvalue weighted by molar-refractivity contribution is 7.16. The van der Waals surface area contributed by atoms with Gasteiger partial charge in [0.15, 0.2) is 6.61 Å². The van der Waals surface area contributed by atoms with E-state index in [1.165, 1.54) is 11.3 Å². The third-order valence-electron chi connectivity index (χ3n) is 3.44. The van der Waals surface area contributed by atoms with Gasteiger partial charge in [-0.15, -0.1) is 11.3 Å². The SMILES string of the molecule is O=C(OCc1nc(-c2cccc(Cl)c2)no1)c1ccc2ncsc2c1. The van der Waals surface area contributed by atoms with Gasteiger partial charge in [0.05, 0.1) is 21.3 Å². The Kier molecular flexibility index (Phi) is 4.17. The van der Waals surface area contributed by atoms with E-state index in [4.69, 9.17) is 20.9 Å². The molecule has 8 heteroatoms. The molecule has 0 atom stereocenters. The minimum Gasteiger partial charge on any atom is -0.452 e. The second-order valence-electron chi connectivity index (χ2n) is 5.13. The molecule has 25 heavy (non-hydrogen) atoms. The van der Waals surface area contributed by atoms with Crippen molar-refractivity contribution < 1.29 is 14.1 Å². The zero-order valence-corrected chi connectivity index (χ0v) is 14.3. The lowest BCUT2D eigenvalue weighted by atomic mass is 10.2. The van der Waals surface area contributed by atoms with Gasteiger partial charge in [0.25, 0.3) is 5.89 Å². The van der Waals surface area contributed by atoms with Crippen molar-refractivity contribution in [2.75, 3.05) is 0 Å². The van der Waals surface area contributed by atoms with Crippen LogP contribution in [0.5, 0.6) is 0 Å². The number of hydrogen-bond acceptors (Lipinski definition) is 7. The van der Waals surface area contributed by atoms with Gasteiger partial charge in [0.1, 0.15) is 0 Å². The molecule has 0 spiro atoms. The number of esters is 1. The van der Waals surface area contributed by atoms with Gasteiger partial charge in [-0.3, -0.25) is 0 Å². The van der Waals surface area contributed by atoms with Crippen LogP contribution in [0.1, 0.15) is 16.2 Å². The monoisotopic (exact) mass is 371 g/mol. The molecule has 2 aromatic carbocycles. The van der Waals surface area contributed by atoms with Crippen molar-refractivity contribution >= 4 is 39.1 Å². The fraction of sp³-hybridized carbons (Fsp3) is 0.0588. The lowest BCUT2D eigenvalue weighted by molar-refractivity contribution is 0.0430. The summed E-state index contributed by atoms with van der Waals surface area (Å²) in [5, 5.41) is 4.45. The van der Waals surface area contributed by atoms with Crippen molar-refractivity contribution in [3.05, 3.63) is 64.5 Å². The molecule has 124 valence electrons. The second-order valence-corrected chi connectivity index (χ2v) is 6.46. The normalized spacial score (nSPS) is 10.9. The molecule has 0 saturated carbocycles. The first kappa shape index (κ1) is 15.7. The summed E-state index contributed by atoms with van der Waals surface area (Å²) in [6.45, 7) is -0.104. The van der Waals surface area contributed by atoms with Crippen molar-refractivity contribution in [2.24, 2.45) is 0 Å². The van der Waals surface area contributed by atoms with E-state index in [0.717, 1.165) is 15.8 Å². The Hall–Kier alpha value is -2.77. The molecular weight excluding hydrogens is 362 g/mol. The van der Waals surface area contributed by atoms with E-state index in [-0.39, 0.29) is 12.5 Å². The molecule has 0 radical (unpaired) electrons. The third kappa shape index (κ3) is 3.38. The van der Waals surface area contributed by atoms with E-state index in [1.54, 1.807) is 41.9 Å². The van der Waals surface area contributed by atoms with E-state index in [9.17, 15) is 4.79 Å². The average molecular weight is 372 g/mol. The Labute approximate surface area is 151 Å². The van der Waals surface area contributed by atoms with Crippen LogP contribution in [-0.4, -0.2) is 21.1 Å². The molecule has 0 N–H and O–H groups in total.